The number of rotatable bonds is 4. The molecule has 1 amide bonds. The molecule has 0 fully saturated rings. The Labute approximate surface area is 121 Å². The molecule has 20 heavy (non-hydrogen) atoms. The molecule has 0 bridgehead atoms. The molecular formula is C15H16N2O2S. The van der Waals surface area contributed by atoms with Gasteiger partial charge in [0, 0.05) is 22.5 Å². The molecule has 1 aromatic heterocycles. The average molecular weight is 288 g/mol. The van der Waals surface area contributed by atoms with Gasteiger partial charge >= 0.3 is 0 Å². The zero-order valence-electron chi connectivity index (χ0n) is 11.6. The number of nitrogens with one attached hydrogen (secondary N) is 1. The van der Waals surface area contributed by atoms with E-state index in [1.54, 1.807) is 29.6 Å². The van der Waals surface area contributed by atoms with E-state index < -0.39 is 0 Å². The summed E-state index contributed by atoms with van der Waals surface area (Å²) in [5, 5.41) is 5.45. The molecule has 2 rings (SSSR count). The largest absolute Gasteiger partial charge is 0.321 e. The first kappa shape index (κ1) is 14.4. The first-order valence-corrected chi connectivity index (χ1v) is 7.23. The van der Waals surface area contributed by atoms with Crippen LogP contribution in [-0.4, -0.2) is 16.7 Å². The number of nitrogens with zero attached hydrogens (tertiary/aromatic N) is 1. The molecule has 1 aromatic carbocycles. The number of carbonyl (C=O) groups is 2. The van der Waals surface area contributed by atoms with E-state index in [0.29, 0.717) is 22.9 Å². The molecule has 0 saturated heterocycles. The maximum absolute atomic E-state index is 12.1. The lowest BCUT2D eigenvalue weighted by Gasteiger charge is -2.04. The number of anilines is 1. The summed E-state index contributed by atoms with van der Waals surface area (Å²) in [6.07, 6.45) is 0. The summed E-state index contributed by atoms with van der Waals surface area (Å²) in [5.74, 6) is 0.0216. The minimum atomic E-state index is -0.256. The van der Waals surface area contributed by atoms with Crippen molar-refractivity contribution in [1.82, 2.24) is 4.98 Å². The summed E-state index contributed by atoms with van der Waals surface area (Å²) in [5.41, 5.74) is 1.58. The van der Waals surface area contributed by atoms with Crippen molar-refractivity contribution in [1.29, 1.82) is 0 Å². The van der Waals surface area contributed by atoms with Gasteiger partial charge in [-0.05, 0) is 19.1 Å². The molecule has 0 unspecified atom stereocenters. The van der Waals surface area contributed by atoms with E-state index in [2.05, 4.69) is 10.3 Å². The highest BCUT2D eigenvalue weighted by Gasteiger charge is 2.13. The Balaban J connectivity index is 2.14. The molecule has 4 nitrogen and oxygen atoms in total. The molecule has 0 radical (unpaired) electrons. The smallest absolute Gasteiger partial charge is 0.275 e. The Morgan fingerprint density at radius 2 is 2.05 bits per heavy atom. The zero-order chi connectivity index (χ0) is 14.7. The monoisotopic (exact) mass is 288 g/mol. The predicted molar refractivity (Wildman–Crippen MR) is 80.6 cm³/mol. The first-order chi connectivity index (χ1) is 9.47. The van der Waals surface area contributed by atoms with Crippen molar-refractivity contribution in [3.05, 3.63) is 45.9 Å². The molecular weight excluding hydrogens is 272 g/mol. The summed E-state index contributed by atoms with van der Waals surface area (Å²) in [6, 6.07) is 6.88. The lowest BCUT2D eigenvalue weighted by atomic mass is 10.1. The molecule has 104 valence electrons. The second kappa shape index (κ2) is 5.96. The molecule has 0 spiro atoms. The van der Waals surface area contributed by atoms with E-state index >= 15 is 0 Å². The summed E-state index contributed by atoms with van der Waals surface area (Å²) in [4.78, 5) is 27.7. The summed E-state index contributed by atoms with van der Waals surface area (Å²) >= 11 is 1.48. The van der Waals surface area contributed by atoms with Crippen LogP contribution in [0.25, 0.3) is 0 Å². The van der Waals surface area contributed by atoms with Crippen molar-refractivity contribution in [3.8, 4) is 0 Å². The Morgan fingerprint density at radius 3 is 2.65 bits per heavy atom. The van der Waals surface area contributed by atoms with Crippen LogP contribution in [0.4, 0.5) is 5.69 Å². The van der Waals surface area contributed by atoms with Crippen LogP contribution in [0.5, 0.6) is 0 Å². The minimum Gasteiger partial charge on any atom is -0.321 e. The van der Waals surface area contributed by atoms with E-state index in [1.807, 2.05) is 13.8 Å². The number of Topliss-reactive ketones (excluding diaryl/α,β-unsaturated/α-hetero) is 1. The highest BCUT2D eigenvalue weighted by molar-refractivity contribution is 7.09. The maximum Gasteiger partial charge on any atom is 0.275 e. The molecule has 0 saturated carbocycles. The van der Waals surface area contributed by atoms with Crippen LogP contribution in [0.1, 0.15) is 52.5 Å². The molecule has 1 heterocycles. The second-order valence-electron chi connectivity index (χ2n) is 4.82. The maximum atomic E-state index is 12.1. The third-order valence-corrected chi connectivity index (χ3v) is 3.92. The molecule has 0 atom stereocenters. The Bertz CT molecular complexity index is 647. The fourth-order valence-electron chi connectivity index (χ4n) is 1.67. The molecule has 0 aliphatic heterocycles. The van der Waals surface area contributed by atoms with Gasteiger partial charge in [0.1, 0.15) is 5.69 Å². The second-order valence-corrected chi connectivity index (χ2v) is 5.71. The van der Waals surface area contributed by atoms with Crippen LogP contribution in [-0.2, 0) is 0 Å². The highest BCUT2D eigenvalue weighted by Crippen LogP contribution is 2.20. The number of hydrogen-bond acceptors (Lipinski definition) is 4. The number of thiazole rings is 1. The van der Waals surface area contributed by atoms with Crippen molar-refractivity contribution in [3.63, 3.8) is 0 Å². The van der Waals surface area contributed by atoms with Gasteiger partial charge in [-0.1, -0.05) is 26.0 Å². The van der Waals surface area contributed by atoms with Gasteiger partial charge < -0.3 is 5.32 Å². The number of hydrogen-bond donors (Lipinski definition) is 1. The lowest BCUT2D eigenvalue weighted by molar-refractivity contribution is 0.100. The van der Waals surface area contributed by atoms with Crippen LogP contribution in [0.3, 0.4) is 0 Å². The van der Waals surface area contributed by atoms with E-state index in [-0.39, 0.29) is 11.7 Å². The fraction of sp³-hybridized carbons (Fsp3) is 0.267. The molecule has 5 heteroatoms. The van der Waals surface area contributed by atoms with Gasteiger partial charge in [-0.3, -0.25) is 9.59 Å². The normalized spacial score (nSPS) is 10.6. The minimum absolute atomic E-state index is 0.0307. The SMILES string of the molecule is CC(=O)c1cccc(NC(=O)c2csc(C(C)C)n2)c1. The standard InChI is InChI=1S/C15H16N2O2S/c1-9(2)15-17-13(8-20-15)14(19)16-12-6-4-5-11(7-12)10(3)18/h4-9H,1-3H3,(H,16,19). The van der Waals surface area contributed by atoms with E-state index in [4.69, 9.17) is 0 Å². The fourth-order valence-corrected chi connectivity index (χ4v) is 2.48. The first-order valence-electron chi connectivity index (χ1n) is 6.35. The van der Waals surface area contributed by atoms with Gasteiger partial charge in [0.2, 0.25) is 0 Å². The number of carbonyl (C=O) groups excluding carboxylic acids is 2. The van der Waals surface area contributed by atoms with E-state index in [1.165, 1.54) is 18.3 Å². The summed E-state index contributed by atoms with van der Waals surface area (Å²) in [7, 11) is 0. The van der Waals surface area contributed by atoms with Crippen molar-refractivity contribution in [2.75, 3.05) is 5.32 Å². The summed E-state index contributed by atoms with van der Waals surface area (Å²) in [6.45, 7) is 5.57. The van der Waals surface area contributed by atoms with Crippen molar-refractivity contribution >= 4 is 28.7 Å². The Hall–Kier alpha value is -2.01. The molecule has 2 aromatic rings. The van der Waals surface area contributed by atoms with E-state index in [0.717, 1.165) is 5.01 Å². The van der Waals surface area contributed by atoms with Gasteiger partial charge in [-0.2, -0.15) is 0 Å². The van der Waals surface area contributed by atoms with E-state index in [9.17, 15) is 9.59 Å². The van der Waals surface area contributed by atoms with Crippen LogP contribution in [0.2, 0.25) is 0 Å². The molecule has 0 aliphatic rings. The van der Waals surface area contributed by atoms with Crippen LogP contribution in [0, 0.1) is 0 Å². The topological polar surface area (TPSA) is 59.1 Å². The highest BCUT2D eigenvalue weighted by atomic mass is 32.1. The molecule has 1 N–H and O–H groups in total. The van der Waals surface area contributed by atoms with Crippen molar-refractivity contribution in [2.45, 2.75) is 26.7 Å². The van der Waals surface area contributed by atoms with Gasteiger partial charge in [-0.15, -0.1) is 11.3 Å². The number of amides is 1. The Morgan fingerprint density at radius 1 is 1.30 bits per heavy atom. The van der Waals surface area contributed by atoms with Crippen LogP contribution < -0.4 is 5.32 Å². The zero-order valence-corrected chi connectivity index (χ0v) is 12.5. The number of benzene rings is 1. The van der Waals surface area contributed by atoms with Gasteiger partial charge in [0.15, 0.2) is 5.78 Å². The summed E-state index contributed by atoms with van der Waals surface area (Å²) < 4.78 is 0. The third-order valence-electron chi connectivity index (χ3n) is 2.78. The predicted octanol–water partition coefficient (Wildman–Crippen LogP) is 3.72. The van der Waals surface area contributed by atoms with Gasteiger partial charge in [0.25, 0.3) is 5.91 Å². The van der Waals surface area contributed by atoms with Gasteiger partial charge in [-0.25, -0.2) is 4.98 Å². The van der Waals surface area contributed by atoms with Crippen molar-refractivity contribution < 1.29 is 9.59 Å². The average Bonchev–Trinajstić information content (AvgIpc) is 2.88. The van der Waals surface area contributed by atoms with Crippen LogP contribution >= 0.6 is 11.3 Å². The van der Waals surface area contributed by atoms with Crippen LogP contribution in [0.15, 0.2) is 29.6 Å². The molecule has 0 aliphatic carbocycles. The Kier molecular flexibility index (Phi) is 4.29. The number of aromatic nitrogens is 1. The lowest BCUT2D eigenvalue weighted by Crippen LogP contribution is -2.12. The van der Waals surface area contributed by atoms with Crippen molar-refractivity contribution in [2.24, 2.45) is 0 Å². The number of ketones is 1. The third kappa shape index (κ3) is 3.30. The quantitative estimate of drug-likeness (QED) is 0.872. The van der Waals surface area contributed by atoms with Gasteiger partial charge in [0.05, 0.1) is 5.01 Å².